The van der Waals surface area contributed by atoms with Crippen LogP contribution in [-0.2, 0) is 24.3 Å². The minimum atomic E-state index is -3.85. The molecule has 1 aromatic rings. The number of nitrogens with one attached hydrogen (secondary N) is 1. The highest BCUT2D eigenvalue weighted by Crippen LogP contribution is 2.33. The lowest BCUT2D eigenvalue weighted by Gasteiger charge is -2.30. The predicted octanol–water partition coefficient (Wildman–Crippen LogP) is 1.68. The molecule has 0 radical (unpaired) electrons. The zero-order valence-corrected chi connectivity index (χ0v) is 15.8. The first kappa shape index (κ1) is 20.0. The predicted molar refractivity (Wildman–Crippen MR) is 93.0 cm³/mol. The van der Waals surface area contributed by atoms with Gasteiger partial charge in [0.25, 0.3) is 5.91 Å². The number of nitrogens with zero attached hydrogens (tertiary/aromatic N) is 1. The average Bonchev–Trinajstić information content (AvgIpc) is 2.59. The molecule has 1 heterocycles. The van der Waals surface area contributed by atoms with Gasteiger partial charge in [0, 0.05) is 20.1 Å². The van der Waals surface area contributed by atoms with Gasteiger partial charge in [0.1, 0.15) is 4.90 Å². The van der Waals surface area contributed by atoms with Gasteiger partial charge in [-0.1, -0.05) is 29.3 Å². The van der Waals surface area contributed by atoms with E-state index in [0.29, 0.717) is 12.8 Å². The number of esters is 1. The molecule has 1 aliphatic heterocycles. The Kier molecular flexibility index (Phi) is 6.67. The van der Waals surface area contributed by atoms with Gasteiger partial charge in [0.15, 0.2) is 6.61 Å². The highest BCUT2D eigenvalue weighted by molar-refractivity contribution is 7.89. The number of amides is 1. The van der Waals surface area contributed by atoms with Crippen LogP contribution in [0.5, 0.6) is 0 Å². The number of rotatable bonds is 5. The smallest absolute Gasteiger partial charge is 0.309 e. The van der Waals surface area contributed by atoms with Gasteiger partial charge in [-0.2, -0.15) is 4.31 Å². The molecular formula is C15H18Cl2N2O5S. The molecule has 1 aromatic carbocycles. The summed E-state index contributed by atoms with van der Waals surface area (Å²) in [7, 11) is -2.41. The van der Waals surface area contributed by atoms with Crippen LogP contribution in [0.15, 0.2) is 23.1 Å². The van der Waals surface area contributed by atoms with E-state index in [4.69, 9.17) is 27.9 Å². The van der Waals surface area contributed by atoms with E-state index in [9.17, 15) is 18.0 Å². The number of benzene rings is 1. The van der Waals surface area contributed by atoms with Crippen LogP contribution < -0.4 is 5.32 Å². The standard InChI is InChI=1S/C15H18Cl2N2O5S/c1-18-13(20)9-24-15(21)10-5-7-19(8-6-10)25(22,23)14-11(16)3-2-4-12(14)17/h2-4,10H,5-9H2,1H3,(H,18,20). The summed E-state index contributed by atoms with van der Waals surface area (Å²) in [4.78, 5) is 22.9. The number of piperidine rings is 1. The Bertz CT molecular complexity index is 741. The number of hydrogen-bond donors (Lipinski definition) is 1. The molecule has 1 amide bonds. The number of hydrogen-bond acceptors (Lipinski definition) is 5. The van der Waals surface area contributed by atoms with Crippen molar-refractivity contribution >= 4 is 45.1 Å². The van der Waals surface area contributed by atoms with Gasteiger partial charge < -0.3 is 10.1 Å². The minimum Gasteiger partial charge on any atom is -0.455 e. The fourth-order valence-electron chi connectivity index (χ4n) is 2.52. The fourth-order valence-corrected chi connectivity index (χ4v) is 5.08. The van der Waals surface area contributed by atoms with Gasteiger partial charge in [-0.3, -0.25) is 9.59 Å². The summed E-state index contributed by atoms with van der Waals surface area (Å²) < 4.78 is 31.7. The largest absolute Gasteiger partial charge is 0.455 e. The van der Waals surface area contributed by atoms with E-state index in [-0.39, 0.29) is 34.6 Å². The summed E-state index contributed by atoms with van der Waals surface area (Å²) in [5, 5.41) is 2.46. The van der Waals surface area contributed by atoms with Crippen molar-refractivity contribution in [3.8, 4) is 0 Å². The van der Waals surface area contributed by atoms with E-state index in [1.54, 1.807) is 6.07 Å². The first-order valence-electron chi connectivity index (χ1n) is 7.58. The number of carbonyl (C=O) groups excluding carboxylic acids is 2. The quantitative estimate of drug-likeness (QED) is 0.748. The van der Waals surface area contributed by atoms with E-state index in [2.05, 4.69) is 5.32 Å². The maximum absolute atomic E-state index is 12.7. The topological polar surface area (TPSA) is 92.8 Å². The highest BCUT2D eigenvalue weighted by Gasteiger charge is 2.35. The van der Waals surface area contributed by atoms with Crippen LogP contribution in [0.4, 0.5) is 0 Å². The van der Waals surface area contributed by atoms with Crippen LogP contribution in [0, 0.1) is 5.92 Å². The second-order valence-corrected chi connectivity index (χ2v) is 8.20. The molecule has 1 aliphatic rings. The van der Waals surface area contributed by atoms with Gasteiger partial charge in [-0.05, 0) is 25.0 Å². The van der Waals surface area contributed by atoms with Crippen molar-refractivity contribution in [2.45, 2.75) is 17.7 Å². The van der Waals surface area contributed by atoms with E-state index in [0.717, 1.165) is 0 Å². The number of carbonyl (C=O) groups is 2. The Morgan fingerprint density at radius 2 is 1.80 bits per heavy atom. The molecule has 138 valence electrons. The summed E-state index contributed by atoms with van der Waals surface area (Å²) in [5.74, 6) is -1.35. The third-order valence-corrected chi connectivity index (χ3v) is 6.78. The molecule has 0 saturated carbocycles. The normalized spacial score (nSPS) is 16.4. The van der Waals surface area contributed by atoms with Crippen LogP contribution in [-0.4, -0.2) is 51.3 Å². The summed E-state index contributed by atoms with van der Waals surface area (Å²) in [6.07, 6.45) is 0.599. The summed E-state index contributed by atoms with van der Waals surface area (Å²) in [5.41, 5.74) is 0. The second-order valence-electron chi connectivity index (χ2n) is 5.51. The summed E-state index contributed by atoms with van der Waals surface area (Å²) >= 11 is 12.0. The molecule has 0 atom stereocenters. The van der Waals surface area contributed by atoms with Crippen molar-refractivity contribution in [1.29, 1.82) is 0 Å². The first-order chi connectivity index (χ1) is 11.8. The van der Waals surface area contributed by atoms with Gasteiger partial charge in [0.2, 0.25) is 10.0 Å². The Morgan fingerprint density at radius 1 is 1.24 bits per heavy atom. The third kappa shape index (κ3) is 4.63. The Morgan fingerprint density at radius 3 is 2.32 bits per heavy atom. The lowest BCUT2D eigenvalue weighted by atomic mass is 9.98. The molecule has 7 nitrogen and oxygen atoms in total. The van der Waals surface area contributed by atoms with Crippen molar-refractivity contribution < 1.29 is 22.7 Å². The van der Waals surface area contributed by atoms with Crippen LogP contribution in [0.2, 0.25) is 10.0 Å². The fraction of sp³-hybridized carbons (Fsp3) is 0.467. The van der Waals surface area contributed by atoms with Crippen molar-refractivity contribution in [3.05, 3.63) is 28.2 Å². The Labute approximate surface area is 156 Å². The van der Waals surface area contributed by atoms with E-state index in [1.165, 1.54) is 23.5 Å². The average molecular weight is 409 g/mol. The first-order valence-corrected chi connectivity index (χ1v) is 9.78. The lowest BCUT2D eigenvalue weighted by Crippen LogP contribution is -2.41. The highest BCUT2D eigenvalue weighted by atomic mass is 35.5. The van der Waals surface area contributed by atoms with Crippen molar-refractivity contribution in [3.63, 3.8) is 0 Å². The van der Waals surface area contributed by atoms with Gasteiger partial charge in [-0.25, -0.2) is 8.42 Å². The molecule has 2 rings (SSSR count). The van der Waals surface area contributed by atoms with E-state index < -0.39 is 27.8 Å². The number of likely N-dealkylation sites (N-methyl/N-ethyl adjacent to an activating group) is 1. The number of halogens is 2. The Balaban J connectivity index is 2.02. The summed E-state index contributed by atoms with van der Waals surface area (Å²) in [6.45, 7) is -0.0592. The Hall–Kier alpha value is -1.35. The van der Waals surface area contributed by atoms with Gasteiger partial charge in [-0.15, -0.1) is 0 Å². The molecule has 0 aliphatic carbocycles. The number of sulfonamides is 1. The molecule has 0 aromatic heterocycles. The molecule has 1 fully saturated rings. The van der Waals surface area contributed by atoms with Crippen LogP contribution in [0.25, 0.3) is 0 Å². The molecule has 0 spiro atoms. The van der Waals surface area contributed by atoms with Gasteiger partial charge >= 0.3 is 5.97 Å². The third-order valence-electron chi connectivity index (χ3n) is 3.93. The van der Waals surface area contributed by atoms with Crippen LogP contribution >= 0.6 is 23.2 Å². The number of ether oxygens (including phenoxy) is 1. The SMILES string of the molecule is CNC(=O)COC(=O)C1CCN(S(=O)(=O)c2c(Cl)cccc2Cl)CC1. The molecule has 25 heavy (non-hydrogen) atoms. The minimum absolute atomic E-state index is 0.0552. The molecule has 1 saturated heterocycles. The second kappa shape index (κ2) is 8.35. The zero-order valence-electron chi connectivity index (χ0n) is 13.5. The summed E-state index contributed by atoms with van der Waals surface area (Å²) in [6, 6.07) is 4.49. The van der Waals surface area contributed by atoms with Crippen molar-refractivity contribution in [2.75, 3.05) is 26.7 Å². The molecule has 0 bridgehead atoms. The van der Waals surface area contributed by atoms with E-state index >= 15 is 0 Å². The van der Waals surface area contributed by atoms with Crippen molar-refractivity contribution in [2.24, 2.45) is 5.92 Å². The molecule has 1 N–H and O–H groups in total. The van der Waals surface area contributed by atoms with Crippen LogP contribution in [0.1, 0.15) is 12.8 Å². The molecular weight excluding hydrogens is 391 g/mol. The maximum Gasteiger partial charge on any atom is 0.309 e. The monoisotopic (exact) mass is 408 g/mol. The van der Waals surface area contributed by atoms with Crippen LogP contribution in [0.3, 0.4) is 0 Å². The molecule has 10 heteroatoms. The van der Waals surface area contributed by atoms with E-state index in [1.807, 2.05) is 0 Å². The maximum atomic E-state index is 12.7. The lowest BCUT2D eigenvalue weighted by molar-refractivity contribution is -0.153. The zero-order chi connectivity index (χ0) is 18.6. The molecule has 0 unspecified atom stereocenters. The van der Waals surface area contributed by atoms with Crippen molar-refractivity contribution in [1.82, 2.24) is 9.62 Å². The van der Waals surface area contributed by atoms with Gasteiger partial charge in [0.05, 0.1) is 16.0 Å².